The first-order valence-corrected chi connectivity index (χ1v) is 2.81. The third-order valence-corrected chi connectivity index (χ3v) is 1.23. The van der Waals surface area contributed by atoms with Crippen LogP contribution in [-0.4, -0.2) is 7.11 Å². The minimum Gasteiger partial charge on any atom is -0.501 e. The van der Waals surface area contributed by atoms with Gasteiger partial charge in [-0.2, -0.15) is 0 Å². The van der Waals surface area contributed by atoms with E-state index in [9.17, 15) is 0 Å². The third-order valence-electron chi connectivity index (χ3n) is 1.23. The maximum absolute atomic E-state index is 5.00. The summed E-state index contributed by atoms with van der Waals surface area (Å²) in [5.74, 6) is 1.09. The summed E-state index contributed by atoms with van der Waals surface area (Å²) in [6.45, 7) is 0. The third kappa shape index (κ3) is 1.12. The van der Waals surface area contributed by atoms with Gasteiger partial charge in [-0.1, -0.05) is 12.2 Å². The lowest BCUT2D eigenvalue weighted by atomic mass is 10.2. The van der Waals surface area contributed by atoms with Gasteiger partial charge in [-0.3, -0.25) is 0 Å². The molecule has 0 N–H and O–H groups in total. The molecule has 44 valence electrons. The molecule has 0 bridgehead atoms. The second-order valence-corrected chi connectivity index (χ2v) is 1.79. The average Bonchev–Trinajstić information content (AvgIpc) is 1.90. The summed E-state index contributed by atoms with van der Waals surface area (Å²) in [6.07, 6.45) is 8.36. The van der Waals surface area contributed by atoms with Crippen LogP contribution in [0.25, 0.3) is 0 Å². The van der Waals surface area contributed by atoms with Gasteiger partial charge < -0.3 is 4.74 Å². The first-order chi connectivity index (χ1) is 3.93. The molecule has 0 atom stereocenters. The Kier molecular flexibility index (Phi) is 1.73. The molecule has 0 amide bonds. The highest BCUT2D eigenvalue weighted by atomic mass is 16.5. The normalized spacial score (nSPS) is 17.9. The molecule has 1 heteroatoms. The monoisotopic (exact) mass is 110 g/mol. The van der Waals surface area contributed by atoms with Crippen molar-refractivity contribution in [1.29, 1.82) is 0 Å². The molecule has 0 heterocycles. The molecular weight excluding hydrogens is 100 g/mol. The van der Waals surface area contributed by atoms with Crippen LogP contribution in [0.1, 0.15) is 12.8 Å². The second-order valence-electron chi connectivity index (χ2n) is 1.79. The van der Waals surface area contributed by atoms with Crippen molar-refractivity contribution < 1.29 is 4.74 Å². The molecular formula is C7H10O. The molecule has 0 aromatic heterocycles. The lowest BCUT2D eigenvalue weighted by Gasteiger charge is -2.04. The zero-order chi connectivity index (χ0) is 5.82. The number of hydrogen-bond acceptors (Lipinski definition) is 1. The van der Waals surface area contributed by atoms with Gasteiger partial charge in [0.1, 0.15) is 0 Å². The van der Waals surface area contributed by atoms with E-state index in [0.29, 0.717) is 0 Å². The van der Waals surface area contributed by atoms with Crippen molar-refractivity contribution in [2.45, 2.75) is 12.8 Å². The van der Waals surface area contributed by atoms with Crippen LogP contribution < -0.4 is 0 Å². The molecule has 0 spiro atoms. The maximum atomic E-state index is 5.00. The molecule has 0 aromatic carbocycles. The van der Waals surface area contributed by atoms with Gasteiger partial charge in [0.2, 0.25) is 0 Å². The van der Waals surface area contributed by atoms with Crippen molar-refractivity contribution in [3.05, 3.63) is 24.0 Å². The molecule has 8 heavy (non-hydrogen) atoms. The Balaban J connectivity index is 2.43. The average molecular weight is 110 g/mol. The van der Waals surface area contributed by atoms with E-state index in [1.165, 1.54) is 0 Å². The summed E-state index contributed by atoms with van der Waals surface area (Å²) in [6, 6.07) is 0. The Hall–Kier alpha value is -0.720. The van der Waals surface area contributed by atoms with Crippen molar-refractivity contribution in [3.63, 3.8) is 0 Å². The Morgan fingerprint density at radius 3 is 2.75 bits per heavy atom. The first-order valence-electron chi connectivity index (χ1n) is 2.81. The smallest absolute Gasteiger partial charge is 0.0956 e. The lowest BCUT2D eigenvalue weighted by molar-refractivity contribution is 0.282. The minimum atomic E-state index is 0.969. The summed E-state index contributed by atoms with van der Waals surface area (Å²) in [5, 5.41) is 0. The van der Waals surface area contributed by atoms with Gasteiger partial charge in [-0.15, -0.1) is 0 Å². The Morgan fingerprint density at radius 1 is 1.50 bits per heavy atom. The van der Waals surface area contributed by atoms with Crippen LogP contribution in [0.3, 0.4) is 0 Å². The molecule has 0 saturated heterocycles. The highest BCUT2D eigenvalue weighted by Crippen LogP contribution is 2.09. The van der Waals surface area contributed by atoms with Crippen LogP contribution in [0.2, 0.25) is 0 Å². The molecule has 1 rings (SSSR count). The van der Waals surface area contributed by atoms with Crippen molar-refractivity contribution in [1.82, 2.24) is 0 Å². The Bertz CT molecular complexity index is 122. The summed E-state index contributed by atoms with van der Waals surface area (Å²) < 4.78 is 5.00. The first kappa shape index (κ1) is 5.42. The van der Waals surface area contributed by atoms with Crippen LogP contribution in [0.15, 0.2) is 24.0 Å². The van der Waals surface area contributed by atoms with Crippen molar-refractivity contribution >= 4 is 0 Å². The van der Waals surface area contributed by atoms with Crippen molar-refractivity contribution in [2.75, 3.05) is 7.11 Å². The van der Waals surface area contributed by atoms with Gasteiger partial charge >= 0.3 is 0 Å². The zero-order valence-electron chi connectivity index (χ0n) is 5.05. The topological polar surface area (TPSA) is 9.23 Å². The number of allylic oxidation sites excluding steroid dienone is 3. The fourth-order valence-electron chi connectivity index (χ4n) is 0.745. The number of rotatable bonds is 1. The van der Waals surface area contributed by atoms with Crippen LogP contribution in [0.4, 0.5) is 0 Å². The fourth-order valence-corrected chi connectivity index (χ4v) is 0.745. The van der Waals surface area contributed by atoms with E-state index in [2.05, 4.69) is 18.2 Å². The van der Waals surface area contributed by atoms with Crippen LogP contribution >= 0.6 is 0 Å². The van der Waals surface area contributed by atoms with E-state index in [1.807, 2.05) is 0 Å². The second kappa shape index (κ2) is 2.55. The Morgan fingerprint density at radius 2 is 2.38 bits per heavy atom. The van der Waals surface area contributed by atoms with E-state index in [-0.39, 0.29) is 0 Å². The van der Waals surface area contributed by atoms with Crippen molar-refractivity contribution in [2.24, 2.45) is 0 Å². The highest BCUT2D eigenvalue weighted by molar-refractivity contribution is 5.08. The van der Waals surface area contributed by atoms with Crippen molar-refractivity contribution in [3.8, 4) is 0 Å². The quantitative estimate of drug-likeness (QED) is 0.468. The molecule has 0 aliphatic heterocycles. The van der Waals surface area contributed by atoms with Gasteiger partial charge in [-0.25, -0.2) is 0 Å². The Labute approximate surface area is 49.7 Å². The van der Waals surface area contributed by atoms with Gasteiger partial charge in [0.05, 0.1) is 12.9 Å². The van der Waals surface area contributed by atoms with Gasteiger partial charge in [0.15, 0.2) is 0 Å². The molecule has 0 fully saturated rings. The SMILES string of the molecule is COC1=CCC=CC1. The van der Waals surface area contributed by atoms with Crippen LogP contribution in [-0.2, 0) is 4.74 Å². The maximum Gasteiger partial charge on any atom is 0.0956 e. The number of hydrogen-bond donors (Lipinski definition) is 0. The van der Waals surface area contributed by atoms with Crippen LogP contribution in [0, 0.1) is 0 Å². The van der Waals surface area contributed by atoms with Crippen LogP contribution in [0.5, 0.6) is 0 Å². The molecule has 1 aliphatic carbocycles. The van der Waals surface area contributed by atoms with Gasteiger partial charge in [-0.05, 0) is 12.5 Å². The lowest BCUT2D eigenvalue weighted by Crippen LogP contribution is -1.87. The molecule has 0 aromatic rings. The summed E-state index contributed by atoms with van der Waals surface area (Å²) >= 11 is 0. The highest BCUT2D eigenvalue weighted by Gasteiger charge is 1.93. The van der Waals surface area contributed by atoms with E-state index < -0.39 is 0 Å². The molecule has 1 nitrogen and oxygen atoms in total. The molecule has 1 aliphatic rings. The summed E-state index contributed by atoms with van der Waals surface area (Å²) in [4.78, 5) is 0. The summed E-state index contributed by atoms with van der Waals surface area (Å²) in [7, 11) is 1.71. The number of ether oxygens (including phenoxy) is 1. The van der Waals surface area contributed by atoms with E-state index >= 15 is 0 Å². The van der Waals surface area contributed by atoms with Gasteiger partial charge in [0, 0.05) is 6.42 Å². The van der Waals surface area contributed by atoms with E-state index in [4.69, 9.17) is 4.74 Å². The number of methoxy groups -OCH3 is 1. The largest absolute Gasteiger partial charge is 0.501 e. The summed E-state index contributed by atoms with van der Waals surface area (Å²) in [5.41, 5.74) is 0. The predicted molar refractivity (Wildman–Crippen MR) is 33.5 cm³/mol. The fraction of sp³-hybridized carbons (Fsp3) is 0.429. The van der Waals surface area contributed by atoms with Gasteiger partial charge in [0.25, 0.3) is 0 Å². The molecule has 0 saturated carbocycles. The van der Waals surface area contributed by atoms with E-state index in [1.54, 1.807) is 7.11 Å². The zero-order valence-corrected chi connectivity index (χ0v) is 5.05. The van der Waals surface area contributed by atoms with E-state index in [0.717, 1.165) is 18.6 Å². The molecule has 0 radical (unpaired) electrons. The predicted octanol–water partition coefficient (Wildman–Crippen LogP) is 1.87. The molecule has 0 unspecified atom stereocenters. The minimum absolute atomic E-state index is 0.969. The standard InChI is InChI=1S/C7H10O/c1-8-7-5-3-2-4-6-7/h2-3,6H,4-5H2,1H3.